The molecular formula is C14H20ClNO3S. The quantitative estimate of drug-likeness (QED) is 0.810. The van der Waals surface area contributed by atoms with Crippen LogP contribution >= 0.6 is 22.9 Å². The highest BCUT2D eigenvalue weighted by molar-refractivity contribution is 7.16. The number of thiophene rings is 1. The normalized spacial score (nSPS) is 14.1. The lowest BCUT2D eigenvalue weighted by Crippen LogP contribution is -2.35. The predicted octanol–water partition coefficient (Wildman–Crippen LogP) is 3.37. The zero-order valence-electron chi connectivity index (χ0n) is 11.9. The van der Waals surface area contributed by atoms with E-state index in [9.17, 15) is 9.59 Å². The number of nitrogens with one attached hydrogen (secondary N) is 1. The van der Waals surface area contributed by atoms with Gasteiger partial charge in [0.2, 0.25) is 5.91 Å². The number of carboxylic acids is 1. The molecule has 6 heteroatoms. The Hall–Kier alpha value is -1.07. The van der Waals surface area contributed by atoms with E-state index in [0.29, 0.717) is 10.8 Å². The molecule has 0 aliphatic carbocycles. The Kier molecular flexibility index (Phi) is 6.49. The van der Waals surface area contributed by atoms with Crippen molar-refractivity contribution in [3.05, 3.63) is 21.3 Å². The van der Waals surface area contributed by atoms with Crippen molar-refractivity contribution in [2.45, 2.75) is 33.1 Å². The third kappa shape index (κ3) is 5.13. The fraction of sp³-hybridized carbons (Fsp3) is 0.571. The van der Waals surface area contributed by atoms with Crippen molar-refractivity contribution in [3.8, 4) is 0 Å². The second-order valence-corrected chi connectivity index (χ2v) is 7.02. The van der Waals surface area contributed by atoms with Crippen molar-refractivity contribution >= 4 is 34.8 Å². The molecule has 1 aromatic rings. The second kappa shape index (κ2) is 7.64. The van der Waals surface area contributed by atoms with E-state index in [0.717, 1.165) is 4.88 Å². The van der Waals surface area contributed by atoms with Crippen molar-refractivity contribution in [1.29, 1.82) is 0 Å². The summed E-state index contributed by atoms with van der Waals surface area (Å²) >= 11 is 7.21. The summed E-state index contributed by atoms with van der Waals surface area (Å²) in [5, 5.41) is 11.8. The van der Waals surface area contributed by atoms with Gasteiger partial charge < -0.3 is 10.4 Å². The SMILES string of the molecule is CC(C)CC(CNC(=O)C(C)c1ccc(Cl)s1)C(=O)O. The average Bonchev–Trinajstić information content (AvgIpc) is 2.79. The van der Waals surface area contributed by atoms with E-state index in [4.69, 9.17) is 16.7 Å². The Morgan fingerprint density at radius 1 is 1.35 bits per heavy atom. The van der Waals surface area contributed by atoms with Gasteiger partial charge in [0.05, 0.1) is 16.2 Å². The first-order valence-corrected chi connectivity index (χ1v) is 7.76. The standard InChI is InChI=1S/C14H20ClNO3S/c1-8(2)6-10(14(18)19)7-16-13(17)9(3)11-4-5-12(15)20-11/h4-5,8-10H,6-7H2,1-3H3,(H,16,17)(H,18,19). The van der Waals surface area contributed by atoms with E-state index < -0.39 is 11.9 Å². The van der Waals surface area contributed by atoms with Crippen LogP contribution in [0.2, 0.25) is 4.34 Å². The summed E-state index contributed by atoms with van der Waals surface area (Å²) in [6, 6.07) is 3.57. The lowest BCUT2D eigenvalue weighted by Gasteiger charge is -2.17. The van der Waals surface area contributed by atoms with Gasteiger partial charge in [-0.3, -0.25) is 9.59 Å². The molecule has 4 nitrogen and oxygen atoms in total. The summed E-state index contributed by atoms with van der Waals surface area (Å²) in [5.41, 5.74) is 0. The molecule has 2 unspecified atom stereocenters. The van der Waals surface area contributed by atoms with Crippen LogP contribution in [0.4, 0.5) is 0 Å². The van der Waals surface area contributed by atoms with Gasteiger partial charge in [0.1, 0.15) is 0 Å². The smallest absolute Gasteiger partial charge is 0.308 e. The third-order valence-electron chi connectivity index (χ3n) is 3.04. The summed E-state index contributed by atoms with van der Waals surface area (Å²) in [6.07, 6.45) is 0.550. The lowest BCUT2D eigenvalue weighted by atomic mass is 9.97. The molecule has 0 aromatic carbocycles. The number of amides is 1. The molecule has 0 saturated heterocycles. The van der Waals surface area contributed by atoms with Gasteiger partial charge in [-0.05, 0) is 31.4 Å². The van der Waals surface area contributed by atoms with Gasteiger partial charge in [0, 0.05) is 11.4 Å². The molecule has 0 radical (unpaired) electrons. The topological polar surface area (TPSA) is 66.4 Å². The van der Waals surface area contributed by atoms with E-state index in [-0.39, 0.29) is 24.3 Å². The number of carboxylic acid groups (broad SMARTS) is 1. The van der Waals surface area contributed by atoms with Gasteiger partial charge in [0.15, 0.2) is 0 Å². The zero-order chi connectivity index (χ0) is 15.3. The maximum atomic E-state index is 12.0. The largest absolute Gasteiger partial charge is 0.481 e. The molecule has 0 saturated carbocycles. The van der Waals surface area contributed by atoms with Crippen LogP contribution in [-0.4, -0.2) is 23.5 Å². The lowest BCUT2D eigenvalue weighted by molar-refractivity contribution is -0.142. The monoisotopic (exact) mass is 317 g/mol. The minimum Gasteiger partial charge on any atom is -0.481 e. The number of aliphatic carboxylic acids is 1. The number of hydrogen-bond acceptors (Lipinski definition) is 3. The van der Waals surface area contributed by atoms with Crippen LogP contribution < -0.4 is 5.32 Å². The van der Waals surface area contributed by atoms with E-state index in [1.807, 2.05) is 19.9 Å². The van der Waals surface area contributed by atoms with Crippen LogP contribution in [0.15, 0.2) is 12.1 Å². The summed E-state index contributed by atoms with van der Waals surface area (Å²) in [5.74, 6) is -1.62. The number of hydrogen-bond donors (Lipinski definition) is 2. The number of carbonyl (C=O) groups excluding carboxylic acids is 1. The Morgan fingerprint density at radius 2 is 2.00 bits per heavy atom. The summed E-state index contributed by atoms with van der Waals surface area (Å²) < 4.78 is 0.642. The molecule has 0 aliphatic rings. The fourth-order valence-corrected chi connectivity index (χ4v) is 3.02. The van der Waals surface area contributed by atoms with Gasteiger partial charge in [-0.15, -0.1) is 11.3 Å². The molecule has 112 valence electrons. The van der Waals surface area contributed by atoms with E-state index in [2.05, 4.69) is 5.32 Å². The molecule has 1 heterocycles. The highest BCUT2D eigenvalue weighted by Gasteiger charge is 2.22. The number of rotatable bonds is 7. The minimum atomic E-state index is -0.870. The van der Waals surface area contributed by atoms with Gasteiger partial charge in [-0.25, -0.2) is 0 Å². The van der Waals surface area contributed by atoms with Crippen LogP contribution in [-0.2, 0) is 9.59 Å². The van der Waals surface area contributed by atoms with Crippen molar-refractivity contribution in [2.75, 3.05) is 6.54 Å². The van der Waals surface area contributed by atoms with Crippen molar-refractivity contribution < 1.29 is 14.7 Å². The summed E-state index contributed by atoms with van der Waals surface area (Å²) in [7, 11) is 0. The maximum Gasteiger partial charge on any atom is 0.308 e. The molecule has 0 bridgehead atoms. The molecular weight excluding hydrogens is 298 g/mol. The third-order valence-corrected chi connectivity index (χ3v) is 4.46. The van der Waals surface area contributed by atoms with E-state index in [1.165, 1.54) is 11.3 Å². The summed E-state index contributed by atoms with van der Waals surface area (Å²) in [6.45, 7) is 5.88. The van der Waals surface area contributed by atoms with Gasteiger partial charge in [0.25, 0.3) is 0 Å². The van der Waals surface area contributed by atoms with Crippen molar-refractivity contribution in [3.63, 3.8) is 0 Å². The van der Waals surface area contributed by atoms with Gasteiger partial charge >= 0.3 is 5.97 Å². The molecule has 0 fully saturated rings. The van der Waals surface area contributed by atoms with Gasteiger partial charge in [-0.2, -0.15) is 0 Å². The van der Waals surface area contributed by atoms with Crippen LogP contribution in [0, 0.1) is 11.8 Å². The molecule has 1 aromatic heterocycles. The Bertz CT molecular complexity index is 473. The molecule has 2 N–H and O–H groups in total. The second-order valence-electron chi connectivity index (χ2n) is 5.27. The molecule has 1 amide bonds. The fourth-order valence-electron chi connectivity index (χ4n) is 1.91. The van der Waals surface area contributed by atoms with Gasteiger partial charge in [-0.1, -0.05) is 25.4 Å². The Balaban J connectivity index is 2.54. The van der Waals surface area contributed by atoms with E-state index in [1.54, 1.807) is 13.0 Å². The Morgan fingerprint density at radius 3 is 2.45 bits per heavy atom. The van der Waals surface area contributed by atoms with Crippen molar-refractivity contribution in [2.24, 2.45) is 11.8 Å². The maximum absolute atomic E-state index is 12.0. The van der Waals surface area contributed by atoms with E-state index >= 15 is 0 Å². The summed E-state index contributed by atoms with van der Waals surface area (Å²) in [4.78, 5) is 24.0. The molecule has 0 aliphatic heterocycles. The number of halogens is 1. The first-order chi connectivity index (χ1) is 9.31. The molecule has 0 spiro atoms. The Labute approximate surface area is 128 Å². The highest BCUT2D eigenvalue weighted by Crippen LogP contribution is 2.28. The average molecular weight is 318 g/mol. The molecule has 20 heavy (non-hydrogen) atoms. The first-order valence-electron chi connectivity index (χ1n) is 6.57. The van der Waals surface area contributed by atoms with Crippen molar-refractivity contribution in [1.82, 2.24) is 5.32 Å². The first kappa shape index (κ1) is 17.0. The number of carbonyl (C=O) groups is 2. The molecule has 2 atom stereocenters. The predicted molar refractivity (Wildman–Crippen MR) is 81.3 cm³/mol. The minimum absolute atomic E-state index is 0.162. The zero-order valence-corrected chi connectivity index (χ0v) is 13.4. The van der Waals surface area contributed by atoms with Crippen LogP contribution in [0.5, 0.6) is 0 Å². The van der Waals surface area contributed by atoms with Crippen LogP contribution in [0.1, 0.15) is 38.0 Å². The van der Waals surface area contributed by atoms with Crippen LogP contribution in [0.25, 0.3) is 0 Å². The molecule has 1 rings (SSSR count). The highest BCUT2D eigenvalue weighted by atomic mass is 35.5. The van der Waals surface area contributed by atoms with Crippen LogP contribution in [0.3, 0.4) is 0 Å².